The van der Waals surface area contributed by atoms with Crippen LogP contribution in [-0.2, 0) is 0 Å². The fourth-order valence-corrected chi connectivity index (χ4v) is 1.73. The molecule has 1 heterocycles. The highest BCUT2D eigenvalue weighted by Gasteiger charge is 2.31. The summed E-state index contributed by atoms with van der Waals surface area (Å²) < 4.78 is 45.4. The molecule has 8 heteroatoms. The van der Waals surface area contributed by atoms with Gasteiger partial charge >= 0.3 is 12.3 Å². The van der Waals surface area contributed by atoms with Gasteiger partial charge in [0.25, 0.3) is 0 Å². The average Bonchev–Trinajstić information content (AvgIpc) is 2.45. The quantitative estimate of drug-likeness (QED) is 0.937. The van der Waals surface area contributed by atoms with Crippen LogP contribution in [0, 0.1) is 0 Å². The predicted octanol–water partition coefficient (Wildman–Crippen LogP) is 3.35. The zero-order valence-electron chi connectivity index (χ0n) is 11.2. The molecule has 116 valence electrons. The van der Waals surface area contributed by atoms with Crippen LogP contribution >= 0.6 is 0 Å². The van der Waals surface area contributed by atoms with Crippen molar-refractivity contribution in [2.75, 3.05) is 7.11 Å². The molecule has 0 saturated heterocycles. The van der Waals surface area contributed by atoms with E-state index in [-0.39, 0.29) is 22.7 Å². The van der Waals surface area contributed by atoms with Gasteiger partial charge in [-0.3, -0.25) is 0 Å². The lowest BCUT2D eigenvalue weighted by Crippen LogP contribution is -2.17. The maximum atomic E-state index is 12.2. The molecule has 2 rings (SSSR count). The molecular weight excluding hydrogens is 303 g/mol. The van der Waals surface area contributed by atoms with Gasteiger partial charge in [0.15, 0.2) is 0 Å². The number of carboxylic acids is 1. The van der Waals surface area contributed by atoms with Gasteiger partial charge in [0.1, 0.15) is 5.75 Å². The highest BCUT2D eigenvalue weighted by atomic mass is 19.4. The van der Waals surface area contributed by atoms with E-state index in [1.807, 2.05) is 0 Å². The van der Waals surface area contributed by atoms with E-state index in [1.54, 1.807) is 0 Å². The molecule has 1 aromatic carbocycles. The number of carboxylic acid groups (broad SMARTS) is 1. The number of ether oxygens (including phenoxy) is 2. The van der Waals surface area contributed by atoms with Gasteiger partial charge in [-0.15, -0.1) is 13.2 Å². The van der Waals surface area contributed by atoms with Crippen molar-refractivity contribution in [3.05, 3.63) is 42.0 Å². The van der Waals surface area contributed by atoms with E-state index in [1.165, 1.54) is 31.4 Å². The van der Waals surface area contributed by atoms with Gasteiger partial charge in [-0.05, 0) is 18.2 Å². The van der Waals surface area contributed by atoms with Crippen molar-refractivity contribution in [2.24, 2.45) is 0 Å². The van der Waals surface area contributed by atoms with Crippen LogP contribution in [0.5, 0.6) is 11.6 Å². The zero-order chi connectivity index (χ0) is 16.3. The van der Waals surface area contributed by atoms with Gasteiger partial charge in [-0.1, -0.05) is 12.1 Å². The van der Waals surface area contributed by atoms with Crippen LogP contribution in [0.4, 0.5) is 13.2 Å². The van der Waals surface area contributed by atoms with Gasteiger partial charge in [0.2, 0.25) is 5.88 Å². The molecule has 0 aliphatic carbocycles. The Bertz CT molecular complexity index is 701. The topological polar surface area (TPSA) is 68.7 Å². The van der Waals surface area contributed by atoms with E-state index in [0.717, 1.165) is 12.1 Å². The summed E-state index contributed by atoms with van der Waals surface area (Å²) in [7, 11) is 1.31. The Kier molecular flexibility index (Phi) is 4.20. The van der Waals surface area contributed by atoms with Gasteiger partial charge < -0.3 is 14.6 Å². The number of carbonyl (C=O) groups is 1. The molecule has 5 nitrogen and oxygen atoms in total. The lowest BCUT2D eigenvalue weighted by atomic mass is 10.1. The van der Waals surface area contributed by atoms with Crippen molar-refractivity contribution in [1.29, 1.82) is 0 Å². The molecule has 0 atom stereocenters. The molecule has 0 saturated carbocycles. The minimum atomic E-state index is -4.81. The summed E-state index contributed by atoms with van der Waals surface area (Å²) in [6, 6.07) is 7.52. The Morgan fingerprint density at radius 1 is 1.23 bits per heavy atom. The summed E-state index contributed by atoms with van der Waals surface area (Å²) in [6.07, 6.45) is -4.81. The maximum absolute atomic E-state index is 12.2. The van der Waals surface area contributed by atoms with Crippen molar-refractivity contribution in [3.63, 3.8) is 0 Å². The Labute approximate surface area is 122 Å². The average molecular weight is 313 g/mol. The highest BCUT2D eigenvalue weighted by molar-refractivity contribution is 5.89. The van der Waals surface area contributed by atoms with Crippen LogP contribution in [0.2, 0.25) is 0 Å². The number of halogens is 3. The first-order valence-electron chi connectivity index (χ1n) is 5.94. The van der Waals surface area contributed by atoms with Gasteiger partial charge in [0.05, 0.1) is 18.4 Å². The number of benzene rings is 1. The first-order chi connectivity index (χ1) is 10.3. The van der Waals surface area contributed by atoms with E-state index in [2.05, 4.69) is 9.72 Å². The second kappa shape index (κ2) is 5.92. The van der Waals surface area contributed by atoms with Crippen molar-refractivity contribution >= 4 is 5.97 Å². The van der Waals surface area contributed by atoms with Crippen LogP contribution in [0.25, 0.3) is 11.3 Å². The number of hydrogen-bond acceptors (Lipinski definition) is 4. The maximum Gasteiger partial charge on any atom is 0.573 e. The molecule has 1 aromatic heterocycles. The number of pyridine rings is 1. The summed E-state index contributed by atoms with van der Waals surface area (Å²) in [4.78, 5) is 15.1. The fraction of sp³-hybridized carbons (Fsp3) is 0.143. The summed E-state index contributed by atoms with van der Waals surface area (Å²) in [5, 5.41) is 9.03. The molecule has 0 unspecified atom stereocenters. The van der Waals surface area contributed by atoms with Crippen molar-refractivity contribution in [3.8, 4) is 22.9 Å². The SMILES string of the molecule is COc1cc(C(=O)O)cc(-c2cccc(OC(F)(F)F)c2)n1. The number of methoxy groups -OCH3 is 1. The Hall–Kier alpha value is -2.77. The molecule has 22 heavy (non-hydrogen) atoms. The predicted molar refractivity (Wildman–Crippen MR) is 69.9 cm³/mol. The van der Waals surface area contributed by atoms with Crippen molar-refractivity contribution in [1.82, 2.24) is 4.98 Å². The second-order valence-corrected chi connectivity index (χ2v) is 4.16. The number of alkyl halides is 3. The molecule has 1 N–H and O–H groups in total. The molecule has 0 bridgehead atoms. The Morgan fingerprint density at radius 2 is 1.95 bits per heavy atom. The Morgan fingerprint density at radius 3 is 2.55 bits per heavy atom. The third-order valence-electron chi connectivity index (χ3n) is 2.62. The van der Waals surface area contributed by atoms with E-state index in [9.17, 15) is 18.0 Å². The normalized spacial score (nSPS) is 11.1. The number of aromatic nitrogens is 1. The standard InChI is InChI=1S/C14H10F3NO4/c1-21-12-7-9(13(19)20)6-11(18-12)8-3-2-4-10(5-8)22-14(15,16)17/h2-7H,1H3,(H,19,20). The summed E-state index contributed by atoms with van der Waals surface area (Å²) in [6.45, 7) is 0. The molecule has 0 aliphatic rings. The lowest BCUT2D eigenvalue weighted by molar-refractivity contribution is -0.274. The van der Waals surface area contributed by atoms with Crippen molar-refractivity contribution < 1.29 is 32.5 Å². The van der Waals surface area contributed by atoms with Crippen LogP contribution in [0.3, 0.4) is 0 Å². The minimum Gasteiger partial charge on any atom is -0.481 e. The number of hydrogen-bond donors (Lipinski definition) is 1. The van der Waals surface area contributed by atoms with Crippen LogP contribution < -0.4 is 9.47 Å². The summed E-state index contributed by atoms with van der Waals surface area (Å²) in [5.74, 6) is -1.59. The zero-order valence-corrected chi connectivity index (χ0v) is 11.2. The van der Waals surface area contributed by atoms with E-state index >= 15 is 0 Å². The largest absolute Gasteiger partial charge is 0.573 e. The molecule has 0 spiro atoms. The second-order valence-electron chi connectivity index (χ2n) is 4.16. The van der Waals surface area contributed by atoms with E-state index < -0.39 is 18.1 Å². The van der Waals surface area contributed by atoms with Gasteiger partial charge in [-0.25, -0.2) is 9.78 Å². The molecule has 0 amide bonds. The van der Waals surface area contributed by atoms with Gasteiger partial charge in [0, 0.05) is 11.6 Å². The summed E-state index contributed by atoms with van der Waals surface area (Å²) >= 11 is 0. The number of rotatable bonds is 4. The van der Waals surface area contributed by atoms with Crippen LogP contribution in [0.1, 0.15) is 10.4 Å². The fourth-order valence-electron chi connectivity index (χ4n) is 1.73. The molecule has 0 radical (unpaired) electrons. The van der Waals surface area contributed by atoms with E-state index in [0.29, 0.717) is 0 Å². The summed E-state index contributed by atoms with van der Waals surface area (Å²) in [5.41, 5.74) is 0.330. The Balaban J connectivity index is 2.45. The lowest BCUT2D eigenvalue weighted by Gasteiger charge is -2.10. The minimum absolute atomic E-state index is 0.0389. The molecular formula is C14H10F3NO4. The van der Waals surface area contributed by atoms with Crippen LogP contribution in [0.15, 0.2) is 36.4 Å². The monoisotopic (exact) mass is 313 g/mol. The first-order valence-corrected chi connectivity index (χ1v) is 5.94. The third-order valence-corrected chi connectivity index (χ3v) is 2.62. The van der Waals surface area contributed by atoms with E-state index in [4.69, 9.17) is 9.84 Å². The number of aromatic carboxylic acids is 1. The highest BCUT2D eigenvalue weighted by Crippen LogP contribution is 2.28. The van der Waals surface area contributed by atoms with Crippen LogP contribution in [-0.4, -0.2) is 29.5 Å². The molecule has 0 aliphatic heterocycles. The molecule has 0 fully saturated rings. The third kappa shape index (κ3) is 3.87. The first kappa shape index (κ1) is 15.6. The molecule has 2 aromatic rings. The smallest absolute Gasteiger partial charge is 0.481 e. The van der Waals surface area contributed by atoms with Gasteiger partial charge in [-0.2, -0.15) is 0 Å². The number of nitrogens with zero attached hydrogens (tertiary/aromatic N) is 1. The van der Waals surface area contributed by atoms with Crippen molar-refractivity contribution in [2.45, 2.75) is 6.36 Å².